The number of benzene rings is 1. The molecule has 0 unspecified atom stereocenters. The lowest BCUT2D eigenvalue weighted by atomic mass is 9.74. The van der Waals surface area contributed by atoms with Crippen molar-refractivity contribution in [3.63, 3.8) is 0 Å². The van der Waals surface area contributed by atoms with Crippen LogP contribution in [0, 0.1) is 0 Å². The summed E-state index contributed by atoms with van der Waals surface area (Å²) in [5, 5.41) is 19.5. The Balaban J connectivity index is 1.82. The van der Waals surface area contributed by atoms with Gasteiger partial charge in [-0.25, -0.2) is 8.42 Å². The summed E-state index contributed by atoms with van der Waals surface area (Å²) < 4.78 is 37.0. The minimum atomic E-state index is -3.33. The molecule has 0 aliphatic carbocycles. The van der Waals surface area contributed by atoms with Crippen LogP contribution in [0.3, 0.4) is 0 Å². The lowest BCUT2D eigenvalue weighted by molar-refractivity contribution is 0.166. The zero-order valence-corrected chi connectivity index (χ0v) is 19.0. The molecular formula is C20H26BBrO6S. The van der Waals surface area contributed by atoms with Crippen LogP contribution in [0.25, 0.3) is 6.08 Å². The number of phenols is 1. The Labute approximate surface area is 180 Å². The summed E-state index contributed by atoms with van der Waals surface area (Å²) in [7, 11) is -2.88. The monoisotopic (exact) mass is 484 g/mol. The van der Waals surface area contributed by atoms with Gasteiger partial charge in [0.15, 0.2) is 9.84 Å². The number of allylic oxidation sites excluding steroid dienone is 1. The van der Waals surface area contributed by atoms with Gasteiger partial charge >= 0.3 is 7.12 Å². The Kier molecular flexibility index (Phi) is 7.27. The first-order valence-corrected chi connectivity index (χ1v) is 12.2. The van der Waals surface area contributed by atoms with Crippen LogP contribution in [0.15, 0.2) is 39.4 Å². The Bertz CT molecular complexity index is 927. The summed E-state index contributed by atoms with van der Waals surface area (Å²) >= 11 is 3.42. The van der Waals surface area contributed by atoms with Crippen LogP contribution in [0.5, 0.6) is 5.75 Å². The van der Waals surface area contributed by atoms with Gasteiger partial charge < -0.3 is 19.5 Å². The molecule has 2 aliphatic rings. The van der Waals surface area contributed by atoms with Crippen LogP contribution >= 0.6 is 15.9 Å². The molecule has 1 saturated heterocycles. The molecule has 0 saturated carbocycles. The van der Waals surface area contributed by atoms with E-state index in [1.807, 2.05) is 19.1 Å². The normalized spacial score (nSPS) is 24.1. The Morgan fingerprint density at radius 3 is 2.90 bits per heavy atom. The van der Waals surface area contributed by atoms with Crippen LogP contribution < -0.4 is 0 Å². The lowest BCUT2D eigenvalue weighted by Gasteiger charge is -2.32. The quantitative estimate of drug-likeness (QED) is 0.455. The highest BCUT2D eigenvalue weighted by atomic mass is 79.9. The molecule has 3 rings (SSSR count). The number of hydrogen-bond acceptors (Lipinski definition) is 6. The van der Waals surface area contributed by atoms with Gasteiger partial charge in [0.1, 0.15) is 5.75 Å². The number of methoxy groups -OCH3 is 1. The molecule has 0 amide bonds. The third-order valence-electron chi connectivity index (χ3n) is 5.50. The molecule has 0 radical (unpaired) electrons. The number of ether oxygens (including phenoxy) is 1. The van der Waals surface area contributed by atoms with Crippen LogP contribution in [-0.2, 0) is 19.2 Å². The van der Waals surface area contributed by atoms with E-state index in [2.05, 4.69) is 15.9 Å². The number of rotatable bonds is 7. The molecule has 0 bridgehead atoms. The zero-order chi connectivity index (χ0) is 21.2. The topological polar surface area (TPSA) is 93.1 Å². The van der Waals surface area contributed by atoms with Crippen molar-refractivity contribution >= 4 is 39.0 Å². The second-order valence-electron chi connectivity index (χ2n) is 7.50. The SMILES string of the molecule is CC/C(=C\c1cc(Br)ccc1O)CC[C@H]1OB(O)C[C@H]2C1=C(COC)CS2(=O)=O. The molecule has 6 nitrogen and oxygen atoms in total. The average Bonchev–Trinajstić information content (AvgIpc) is 2.91. The number of sulfone groups is 1. The van der Waals surface area contributed by atoms with E-state index in [4.69, 9.17) is 9.39 Å². The molecular weight excluding hydrogens is 459 g/mol. The number of halogens is 1. The predicted molar refractivity (Wildman–Crippen MR) is 117 cm³/mol. The first kappa shape index (κ1) is 22.6. The number of aromatic hydroxyl groups is 1. The largest absolute Gasteiger partial charge is 0.507 e. The maximum Gasteiger partial charge on any atom is 0.456 e. The van der Waals surface area contributed by atoms with Gasteiger partial charge in [-0.3, -0.25) is 0 Å². The summed E-state index contributed by atoms with van der Waals surface area (Å²) in [4.78, 5) is 0. The van der Waals surface area contributed by atoms with E-state index in [0.29, 0.717) is 12.8 Å². The van der Waals surface area contributed by atoms with Gasteiger partial charge in [-0.1, -0.05) is 34.5 Å². The van der Waals surface area contributed by atoms with E-state index in [-0.39, 0.29) is 24.4 Å². The molecule has 1 fully saturated rings. The third-order valence-corrected chi connectivity index (χ3v) is 8.05. The first-order chi connectivity index (χ1) is 13.7. The van der Waals surface area contributed by atoms with Crippen LogP contribution in [-0.4, -0.2) is 56.5 Å². The molecule has 2 aliphatic heterocycles. The van der Waals surface area contributed by atoms with E-state index in [1.54, 1.807) is 19.2 Å². The van der Waals surface area contributed by atoms with Crippen LogP contribution in [0.1, 0.15) is 31.7 Å². The van der Waals surface area contributed by atoms with Crippen molar-refractivity contribution in [1.29, 1.82) is 0 Å². The smallest absolute Gasteiger partial charge is 0.456 e. The van der Waals surface area contributed by atoms with E-state index in [0.717, 1.165) is 33.2 Å². The van der Waals surface area contributed by atoms with E-state index >= 15 is 0 Å². The van der Waals surface area contributed by atoms with E-state index < -0.39 is 28.3 Å². The Hall–Kier alpha value is -1.13. The lowest BCUT2D eigenvalue weighted by Crippen LogP contribution is -2.42. The van der Waals surface area contributed by atoms with Crippen molar-refractivity contribution in [3.05, 3.63) is 45.0 Å². The number of hydrogen-bond donors (Lipinski definition) is 2. The van der Waals surface area contributed by atoms with Gasteiger partial charge in [0.2, 0.25) is 0 Å². The van der Waals surface area contributed by atoms with Gasteiger partial charge in [0, 0.05) is 23.5 Å². The minimum Gasteiger partial charge on any atom is -0.507 e. The van der Waals surface area contributed by atoms with Crippen molar-refractivity contribution in [2.75, 3.05) is 19.5 Å². The van der Waals surface area contributed by atoms with Crippen molar-refractivity contribution in [1.82, 2.24) is 0 Å². The Morgan fingerprint density at radius 1 is 1.45 bits per heavy atom. The molecule has 158 valence electrons. The highest BCUT2D eigenvalue weighted by Crippen LogP contribution is 2.40. The van der Waals surface area contributed by atoms with Gasteiger partial charge in [-0.15, -0.1) is 0 Å². The highest BCUT2D eigenvalue weighted by Gasteiger charge is 2.48. The van der Waals surface area contributed by atoms with Crippen molar-refractivity contribution in [2.45, 2.75) is 43.9 Å². The predicted octanol–water partition coefficient (Wildman–Crippen LogP) is 3.35. The molecule has 0 aromatic heterocycles. The maximum absolute atomic E-state index is 12.6. The first-order valence-electron chi connectivity index (χ1n) is 9.69. The molecule has 2 heterocycles. The maximum atomic E-state index is 12.6. The van der Waals surface area contributed by atoms with Gasteiger partial charge in [0.25, 0.3) is 0 Å². The molecule has 2 N–H and O–H groups in total. The third kappa shape index (κ3) is 5.14. The second kappa shape index (κ2) is 9.35. The fraction of sp³-hybridized carbons (Fsp3) is 0.500. The summed E-state index contributed by atoms with van der Waals surface area (Å²) in [6.07, 6.45) is 3.57. The zero-order valence-electron chi connectivity index (χ0n) is 16.6. The van der Waals surface area contributed by atoms with Crippen molar-refractivity contribution in [3.8, 4) is 5.75 Å². The second-order valence-corrected chi connectivity index (χ2v) is 10.6. The summed E-state index contributed by atoms with van der Waals surface area (Å²) in [5.74, 6) is 0.172. The van der Waals surface area contributed by atoms with Gasteiger partial charge in [-0.05, 0) is 48.6 Å². The molecule has 29 heavy (non-hydrogen) atoms. The molecule has 2 atom stereocenters. The Morgan fingerprint density at radius 2 is 2.21 bits per heavy atom. The molecule has 1 aromatic carbocycles. The number of fused-ring (bicyclic) bond motifs is 1. The van der Waals surface area contributed by atoms with Crippen molar-refractivity contribution < 1.29 is 27.9 Å². The van der Waals surface area contributed by atoms with E-state index in [9.17, 15) is 18.5 Å². The standard InChI is InChI=1S/C20H26BBrO6S/c1-3-13(8-14-9-16(22)5-6-17(14)23)4-7-18-20-15(11-27-2)12-29(25,26)19(20)10-21(24)28-18/h5-6,8-9,18-19,23-24H,3-4,7,10-12H2,1-2H3/b13-8+/t18-,19+/m1/s1. The summed E-state index contributed by atoms with van der Waals surface area (Å²) in [6.45, 7) is 2.29. The van der Waals surface area contributed by atoms with Crippen molar-refractivity contribution in [2.24, 2.45) is 0 Å². The van der Waals surface area contributed by atoms with Crippen LogP contribution in [0.2, 0.25) is 6.32 Å². The van der Waals surface area contributed by atoms with Gasteiger partial charge in [0.05, 0.1) is 23.7 Å². The summed E-state index contributed by atoms with van der Waals surface area (Å²) in [5.41, 5.74) is 3.34. The molecule has 0 spiro atoms. The van der Waals surface area contributed by atoms with Gasteiger partial charge in [-0.2, -0.15) is 0 Å². The fourth-order valence-electron chi connectivity index (χ4n) is 4.11. The highest BCUT2D eigenvalue weighted by molar-refractivity contribution is 9.10. The molecule has 9 heteroatoms. The minimum absolute atomic E-state index is 0.0319. The molecule has 1 aromatic rings. The van der Waals surface area contributed by atoms with Crippen LogP contribution in [0.4, 0.5) is 0 Å². The fourth-order valence-corrected chi connectivity index (χ4v) is 6.59. The van der Waals surface area contributed by atoms with E-state index in [1.165, 1.54) is 0 Å². The summed E-state index contributed by atoms with van der Waals surface area (Å²) in [6, 6.07) is 5.27. The average molecular weight is 485 g/mol. The number of phenolic OH excluding ortho intramolecular Hbond substituents is 1.